The van der Waals surface area contributed by atoms with E-state index in [2.05, 4.69) is 5.32 Å². The zero-order valence-electron chi connectivity index (χ0n) is 11.1. The summed E-state index contributed by atoms with van der Waals surface area (Å²) in [4.78, 5) is 22.8. The SMILES string of the molecule is CC(C)(C)NC(=O)COc1cc(Cl)ccc1C(N)=O. The van der Waals surface area contributed by atoms with Gasteiger partial charge in [0, 0.05) is 10.6 Å². The van der Waals surface area contributed by atoms with Crippen LogP contribution in [0.5, 0.6) is 5.75 Å². The van der Waals surface area contributed by atoms with Gasteiger partial charge in [-0.15, -0.1) is 0 Å². The maximum Gasteiger partial charge on any atom is 0.258 e. The van der Waals surface area contributed by atoms with E-state index in [0.29, 0.717) is 5.02 Å². The van der Waals surface area contributed by atoms with Crippen LogP contribution in [0, 0.1) is 0 Å². The van der Waals surface area contributed by atoms with Gasteiger partial charge >= 0.3 is 0 Å². The molecule has 1 aromatic rings. The fourth-order valence-electron chi connectivity index (χ4n) is 1.42. The van der Waals surface area contributed by atoms with Gasteiger partial charge in [-0.3, -0.25) is 9.59 Å². The number of hydrogen-bond acceptors (Lipinski definition) is 3. The minimum absolute atomic E-state index is 0.188. The van der Waals surface area contributed by atoms with Crippen LogP contribution in [0.25, 0.3) is 0 Å². The van der Waals surface area contributed by atoms with E-state index < -0.39 is 5.91 Å². The number of rotatable bonds is 4. The molecule has 0 unspecified atom stereocenters. The van der Waals surface area contributed by atoms with Crippen LogP contribution in [0.1, 0.15) is 31.1 Å². The first-order valence-corrected chi connectivity index (χ1v) is 6.10. The minimum atomic E-state index is -0.636. The van der Waals surface area contributed by atoms with E-state index in [-0.39, 0.29) is 29.4 Å². The van der Waals surface area contributed by atoms with E-state index in [1.807, 2.05) is 20.8 Å². The number of carbonyl (C=O) groups is 2. The molecule has 0 atom stereocenters. The van der Waals surface area contributed by atoms with Gasteiger partial charge in [-0.05, 0) is 39.0 Å². The van der Waals surface area contributed by atoms with Gasteiger partial charge in [-0.25, -0.2) is 0 Å². The Morgan fingerprint density at radius 1 is 1.37 bits per heavy atom. The van der Waals surface area contributed by atoms with Crippen LogP contribution in [0.15, 0.2) is 18.2 Å². The molecule has 0 spiro atoms. The molecule has 104 valence electrons. The van der Waals surface area contributed by atoms with Crippen LogP contribution >= 0.6 is 11.6 Å². The smallest absolute Gasteiger partial charge is 0.258 e. The summed E-state index contributed by atoms with van der Waals surface area (Å²) < 4.78 is 5.29. The van der Waals surface area contributed by atoms with E-state index in [4.69, 9.17) is 22.1 Å². The van der Waals surface area contributed by atoms with Gasteiger partial charge in [0.25, 0.3) is 11.8 Å². The molecule has 6 heteroatoms. The highest BCUT2D eigenvalue weighted by atomic mass is 35.5. The lowest BCUT2D eigenvalue weighted by atomic mass is 10.1. The van der Waals surface area contributed by atoms with Crippen molar-refractivity contribution >= 4 is 23.4 Å². The monoisotopic (exact) mass is 284 g/mol. The molecule has 0 saturated carbocycles. The summed E-state index contributed by atoms with van der Waals surface area (Å²) in [7, 11) is 0. The average molecular weight is 285 g/mol. The van der Waals surface area contributed by atoms with Gasteiger partial charge in [0.2, 0.25) is 0 Å². The lowest BCUT2D eigenvalue weighted by molar-refractivity contribution is -0.124. The number of ether oxygens (including phenoxy) is 1. The molecule has 0 fully saturated rings. The maximum absolute atomic E-state index is 11.6. The standard InChI is InChI=1S/C13H17ClN2O3/c1-13(2,3)16-11(17)7-19-10-6-8(14)4-5-9(10)12(15)18/h4-6H,7H2,1-3H3,(H2,15,18)(H,16,17). The molecule has 0 radical (unpaired) electrons. The Morgan fingerprint density at radius 2 is 2.00 bits per heavy atom. The molecule has 3 N–H and O–H groups in total. The van der Waals surface area contributed by atoms with E-state index in [9.17, 15) is 9.59 Å². The molecule has 0 aromatic heterocycles. The van der Waals surface area contributed by atoms with Gasteiger partial charge < -0.3 is 15.8 Å². The van der Waals surface area contributed by atoms with Gasteiger partial charge in [-0.2, -0.15) is 0 Å². The lowest BCUT2D eigenvalue weighted by Gasteiger charge is -2.20. The van der Waals surface area contributed by atoms with E-state index >= 15 is 0 Å². The summed E-state index contributed by atoms with van der Waals surface area (Å²) in [6.45, 7) is 5.37. The van der Waals surface area contributed by atoms with E-state index in [0.717, 1.165) is 0 Å². The quantitative estimate of drug-likeness (QED) is 0.883. The molecule has 0 aliphatic rings. The highest BCUT2D eigenvalue weighted by Gasteiger charge is 2.16. The van der Waals surface area contributed by atoms with Crippen LogP contribution in [0.3, 0.4) is 0 Å². The summed E-state index contributed by atoms with van der Waals surface area (Å²) >= 11 is 5.81. The summed E-state index contributed by atoms with van der Waals surface area (Å²) in [5.41, 5.74) is 5.05. The molecule has 0 aliphatic heterocycles. The summed E-state index contributed by atoms with van der Waals surface area (Å²) in [5, 5.41) is 3.14. The number of amides is 2. The lowest BCUT2D eigenvalue weighted by Crippen LogP contribution is -2.43. The van der Waals surface area contributed by atoms with Crippen molar-refractivity contribution in [2.45, 2.75) is 26.3 Å². The predicted octanol–water partition coefficient (Wildman–Crippen LogP) is 1.73. The number of primary amides is 1. The average Bonchev–Trinajstić information content (AvgIpc) is 2.23. The van der Waals surface area contributed by atoms with Crippen LogP contribution in [-0.4, -0.2) is 24.0 Å². The van der Waals surface area contributed by atoms with Crippen molar-refractivity contribution in [2.24, 2.45) is 5.73 Å². The molecule has 1 aromatic carbocycles. The van der Waals surface area contributed by atoms with Crippen molar-refractivity contribution in [3.63, 3.8) is 0 Å². The number of nitrogens with one attached hydrogen (secondary N) is 1. The number of nitrogens with two attached hydrogens (primary N) is 1. The molecular formula is C13H17ClN2O3. The van der Waals surface area contributed by atoms with Crippen molar-refractivity contribution in [1.82, 2.24) is 5.32 Å². The Kier molecular flexibility index (Phi) is 4.78. The van der Waals surface area contributed by atoms with Crippen molar-refractivity contribution in [2.75, 3.05) is 6.61 Å². The van der Waals surface area contributed by atoms with Crippen molar-refractivity contribution in [3.05, 3.63) is 28.8 Å². The molecule has 19 heavy (non-hydrogen) atoms. The topological polar surface area (TPSA) is 81.4 Å². The highest BCUT2D eigenvalue weighted by molar-refractivity contribution is 6.30. The fraction of sp³-hybridized carbons (Fsp3) is 0.385. The summed E-state index contributed by atoms with van der Waals surface area (Å²) in [6.07, 6.45) is 0. The van der Waals surface area contributed by atoms with Crippen molar-refractivity contribution in [1.29, 1.82) is 0 Å². The maximum atomic E-state index is 11.6. The Labute approximate surface area is 117 Å². The molecule has 0 aliphatic carbocycles. The van der Waals surface area contributed by atoms with Crippen LogP contribution < -0.4 is 15.8 Å². The third-order valence-corrected chi connectivity index (χ3v) is 2.32. The molecule has 2 amide bonds. The molecular weight excluding hydrogens is 268 g/mol. The van der Waals surface area contributed by atoms with Crippen LogP contribution in [0.4, 0.5) is 0 Å². The molecule has 1 rings (SSSR count). The largest absolute Gasteiger partial charge is 0.483 e. The second-order valence-electron chi connectivity index (χ2n) is 5.09. The predicted molar refractivity (Wildman–Crippen MR) is 73.4 cm³/mol. The molecule has 5 nitrogen and oxygen atoms in total. The van der Waals surface area contributed by atoms with Gasteiger partial charge in [0.1, 0.15) is 5.75 Å². The minimum Gasteiger partial charge on any atom is -0.483 e. The summed E-state index contributed by atoms with van der Waals surface area (Å²) in [5.74, 6) is -0.727. The first-order chi connectivity index (χ1) is 8.69. The third-order valence-electron chi connectivity index (χ3n) is 2.08. The molecule has 0 bridgehead atoms. The second kappa shape index (κ2) is 5.93. The molecule has 0 heterocycles. The van der Waals surface area contributed by atoms with Crippen LogP contribution in [0.2, 0.25) is 5.02 Å². The number of carbonyl (C=O) groups excluding carboxylic acids is 2. The zero-order chi connectivity index (χ0) is 14.6. The molecule has 0 saturated heterocycles. The first kappa shape index (κ1) is 15.3. The van der Waals surface area contributed by atoms with Gasteiger partial charge in [0.05, 0.1) is 5.56 Å². The van der Waals surface area contributed by atoms with Gasteiger partial charge in [-0.1, -0.05) is 11.6 Å². The second-order valence-corrected chi connectivity index (χ2v) is 5.53. The van der Waals surface area contributed by atoms with Gasteiger partial charge in [0.15, 0.2) is 6.61 Å². The van der Waals surface area contributed by atoms with Crippen LogP contribution in [-0.2, 0) is 4.79 Å². The zero-order valence-corrected chi connectivity index (χ0v) is 11.9. The van der Waals surface area contributed by atoms with E-state index in [1.54, 1.807) is 0 Å². The number of halogens is 1. The van der Waals surface area contributed by atoms with E-state index in [1.165, 1.54) is 18.2 Å². The summed E-state index contributed by atoms with van der Waals surface area (Å²) in [6, 6.07) is 4.44. The normalized spacial score (nSPS) is 10.9. The first-order valence-electron chi connectivity index (χ1n) is 5.72. The van der Waals surface area contributed by atoms with Crippen molar-refractivity contribution < 1.29 is 14.3 Å². The highest BCUT2D eigenvalue weighted by Crippen LogP contribution is 2.23. The Bertz CT molecular complexity index is 495. The Balaban J connectivity index is 2.75. The number of hydrogen-bond donors (Lipinski definition) is 2. The fourth-order valence-corrected chi connectivity index (χ4v) is 1.58. The van der Waals surface area contributed by atoms with Crippen molar-refractivity contribution in [3.8, 4) is 5.75 Å². The Morgan fingerprint density at radius 3 is 2.53 bits per heavy atom. The Hall–Kier alpha value is -1.75. The number of benzene rings is 1. The third kappa shape index (κ3) is 5.18.